The molecule has 170 valence electrons. The van der Waals surface area contributed by atoms with E-state index in [-0.39, 0.29) is 19.1 Å². The fourth-order valence-corrected chi connectivity index (χ4v) is 4.72. The number of rotatable bonds is 8. The van der Waals surface area contributed by atoms with E-state index < -0.39 is 15.4 Å². The molecule has 1 aliphatic heterocycles. The van der Waals surface area contributed by atoms with Gasteiger partial charge in [-0.15, -0.1) is 0 Å². The van der Waals surface area contributed by atoms with Gasteiger partial charge in [-0.1, -0.05) is 54.6 Å². The number of carbonyl (C=O) groups is 1. The molecule has 6 nitrogen and oxygen atoms in total. The Bertz CT molecular complexity index is 1310. The normalized spacial score (nSPS) is 15.9. The molecule has 1 aliphatic carbocycles. The third-order valence-corrected chi connectivity index (χ3v) is 7.00. The van der Waals surface area contributed by atoms with Crippen LogP contribution in [0.3, 0.4) is 0 Å². The summed E-state index contributed by atoms with van der Waals surface area (Å²) in [6, 6.07) is 21.6. The highest BCUT2D eigenvalue weighted by Crippen LogP contribution is 2.51. The summed E-state index contributed by atoms with van der Waals surface area (Å²) in [6.07, 6.45) is 3.23. The highest BCUT2D eigenvalue weighted by Gasteiger charge is 2.50. The summed E-state index contributed by atoms with van der Waals surface area (Å²) in [5, 5.41) is 0. The first-order chi connectivity index (χ1) is 15.8. The molecule has 0 radical (unpaired) electrons. The average molecular weight is 464 g/mol. The average Bonchev–Trinajstić information content (AvgIpc) is 3.49. The van der Waals surface area contributed by atoms with Crippen molar-refractivity contribution in [1.29, 1.82) is 0 Å². The van der Waals surface area contributed by atoms with E-state index in [9.17, 15) is 13.2 Å². The third kappa shape index (κ3) is 4.65. The van der Waals surface area contributed by atoms with Crippen LogP contribution in [0.2, 0.25) is 0 Å². The van der Waals surface area contributed by atoms with Crippen molar-refractivity contribution in [3.8, 4) is 22.6 Å². The Labute approximate surface area is 193 Å². The molecule has 1 N–H and O–H groups in total. The SMILES string of the molecule is CS(=O)(=O)NCc1ccc(-c2cccc(CC(=O)C3(c4ccc5c(c4)OCO5)CC3)c2)cc1. The number of sulfonamides is 1. The number of benzene rings is 3. The molecule has 1 heterocycles. The lowest BCUT2D eigenvalue weighted by Gasteiger charge is -2.15. The second kappa shape index (κ2) is 8.32. The van der Waals surface area contributed by atoms with Crippen LogP contribution >= 0.6 is 0 Å². The fourth-order valence-electron chi connectivity index (χ4n) is 4.29. The number of nitrogens with one attached hydrogen (secondary N) is 1. The van der Waals surface area contributed by atoms with E-state index in [4.69, 9.17) is 9.47 Å². The van der Waals surface area contributed by atoms with Crippen LogP contribution in [0.25, 0.3) is 11.1 Å². The number of ketones is 1. The summed E-state index contributed by atoms with van der Waals surface area (Å²) < 4.78 is 36.0. The first kappa shape index (κ1) is 21.7. The standard InChI is InChI=1S/C26H25NO5S/c1-33(29,30)27-16-18-5-7-20(8-6-18)21-4-2-3-19(13-21)14-25(28)26(11-12-26)22-9-10-23-24(15-22)32-17-31-23/h2-10,13,15,27H,11-12,14,16-17H2,1H3. The molecule has 0 atom stereocenters. The molecule has 3 aromatic carbocycles. The van der Waals surface area contributed by atoms with Gasteiger partial charge in [-0.2, -0.15) is 0 Å². The highest BCUT2D eigenvalue weighted by molar-refractivity contribution is 7.88. The molecular formula is C26H25NO5S. The van der Waals surface area contributed by atoms with Gasteiger partial charge in [-0.05, 0) is 52.8 Å². The maximum atomic E-state index is 13.3. The van der Waals surface area contributed by atoms with Crippen molar-refractivity contribution in [2.75, 3.05) is 13.0 Å². The van der Waals surface area contributed by atoms with Gasteiger partial charge in [0.1, 0.15) is 5.78 Å². The molecule has 0 amide bonds. The summed E-state index contributed by atoms with van der Waals surface area (Å²) in [5.41, 5.74) is 4.49. The summed E-state index contributed by atoms with van der Waals surface area (Å²) >= 11 is 0. The van der Waals surface area contributed by atoms with Gasteiger partial charge < -0.3 is 9.47 Å². The van der Waals surface area contributed by atoms with Crippen LogP contribution < -0.4 is 14.2 Å². The largest absolute Gasteiger partial charge is 0.454 e. The molecule has 5 rings (SSSR count). The van der Waals surface area contributed by atoms with Gasteiger partial charge in [0.05, 0.1) is 11.7 Å². The number of ether oxygens (including phenoxy) is 2. The van der Waals surface area contributed by atoms with Crippen molar-refractivity contribution in [2.24, 2.45) is 0 Å². The summed E-state index contributed by atoms with van der Waals surface area (Å²) in [6.45, 7) is 0.483. The van der Waals surface area contributed by atoms with Crippen LogP contribution in [-0.2, 0) is 33.2 Å². The molecule has 3 aromatic rings. The van der Waals surface area contributed by atoms with Crippen LogP contribution in [0.15, 0.2) is 66.7 Å². The van der Waals surface area contributed by atoms with Crippen LogP contribution in [-0.4, -0.2) is 27.2 Å². The Morgan fingerprint density at radius 1 is 0.909 bits per heavy atom. The van der Waals surface area contributed by atoms with Crippen molar-refractivity contribution < 1.29 is 22.7 Å². The van der Waals surface area contributed by atoms with Crippen LogP contribution in [0.1, 0.15) is 29.5 Å². The van der Waals surface area contributed by atoms with Gasteiger partial charge in [-0.25, -0.2) is 13.1 Å². The lowest BCUT2D eigenvalue weighted by Crippen LogP contribution is -2.22. The molecule has 0 spiro atoms. The van der Waals surface area contributed by atoms with E-state index in [1.807, 2.05) is 60.7 Å². The van der Waals surface area contributed by atoms with Gasteiger partial charge in [-0.3, -0.25) is 4.79 Å². The molecule has 0 bridgehead atoms. The number of carbonyl (C=O) groups excluding carboxylic acids is 1. The van der Waals surface area contributed by atoms with Gasteiger partial charge in [0, 0.05) is 13.0 Å². The van der Waals surface area contributed by atoms with Crippen LogP contribution in [0, 0.1) is 0 Å². The van der Waals surface area contributed by atoms with Crippen molar-refractivity contribution in [2.45, 2.75) is 31.2 Å². The minimum absolute atomic E-state index is 0.223. The number of fused-ring (bicyclic) bond motifs is 1. The third-order valence-electron chi connectivity index (χ3n) is 6.33. The maximum absolute atomic E-state index is 13.3. The molecule has 1 saturated carbocycles. The Hall–Kier alpha value is -3.16. The van der Waals surface area contributed by atoms with Crippen molar-refractivity contribution in [1.82, 2.24) is 4.72 Å². The molecule has 1 fully saturated rings. The molecule has 7 heteroatoms. The Balaban J connectivity index is 1.30. The molecular weight excluding hydrogens is 438 g/mol. The zero-order valence-corrected chi connectivity index (χ0v) is 19.2. The Morgan fingerprint density at radius 3 is 2.39 bits per heavy atom. The van der Waals surface area contributed by atoms with E-state index in [1.165, 1.54) is 0 Å². The molecule has 33 heavy (non-hydrogen) atoms. The number of hydrogen-bond donors (Lipinski definition) is 1. The van der Waals surface area contributed by atoms with Gasteiger partial charge in [0.15, 0.2) is 11.5 Å². The van der Waals surface area contributed by atoms with Gasteiger partial charge in [0.2, 0.25) is 16.8 Å². The molecule has 0 unspecified atom stereocenters. The second-order valence-corrected chi connectivity index (χ2v) is 10.6. The van der Waals surface area contributed by atoms with E-state index in [1.54, 1.807) is 0 Å². The highest BCUT2D eigenvalue weighted by atomic mass is 32.2. The minimum Gasteiger partial charge on any atom is -0.454 e. The van der Waals surface area contributed by atoms with Gasteiger partial charge >= 0.3 is 0 Å². The Morgan fingerprint density at radius 2 is 1.67 bits per heavy atom. The monoisotopic (exact) mass is 463 g/mol. The van der Waals surface area contributed by atoms with Gasteiger partial charge in [0.25, 0.3) is 0 Å². The van der Waals surface area contributed by atoms with E-state index in [0.717, 1.165) is 52.7 Å². The van der Waals surface area contributed by atoms with Crippen molar-refractivity contribution in [3.05, 3.63) is 83.4 Å². The maximum Gasteiger partial charge on any atom is 0.231 e. The van der Waals surface area contributed by atoms with E-state index in [0.29, 0.717) is 12.2 Å². The molecule has 2 aliphatic rings. The van der Waals surface area contributed by atoms with Crippen LogP contribution in [0.5, 0.6) is 11.5 Å². The summed E-state index contributed by atoms with van der Waals surface area (Å²) in [4.78, 5) is 13.3. The zero-order valence-electron chi connectivity index (χ0n) is 18.3. The zero-order chi connectivity index (χ0) is 23.1. The number of Topliss-reactive ketones (excluding diaryl/α,β-unsaturated/α-hetero) is 1. The lowest BCUT2D eigenvalue weighted by molar-refractivity contribution is -0.120. The smallest absolute Gasteiger partial charge is 0.231 e. The fraction of sp³-hybridized carbons (Fsp3) is 0.269. The summed E-state index contributed by atoms with van der Waals surface area (Å²) in [5.74, 6) is 1.66. The predicted molar refractivity (Wildman–Crippen MR) is 126 cm³/mol. The minimum atomic E-state index is -3.23. The topological polar surface area (TPSA) is 81.7 Å². The first-order valence-electron chi connectivity index (χ1n) is 10.9. The first-order valence-corrected chi connectivity index (χ1v) is 12.8. The summed E-state index contributed by atoms with van der Waals surface area (Å²) in [7, 11) is -3.23. The second-order valence-electron chi connectivity index (χ2n) is 8.74. The molecule has 0 aromatic heterocycles. The van der Waals surface area contributed by atoms with E-state index >= 15 is 0 Å². The van der Waals surface area contributed by atoms with E-state index in [2.05, 4.69) is 10.8 Å². The van der Waals surface area contributed by atoms with Crippen molar-refractivity contribution >= 4 is 15.8 Å². The molecule has 0 saturated heterocycles. The quantitative estimate of drug-likeness (QED) is 0.547. The van der Waals surface area contributed by atoms with Crippen LogP contribution in [0.4, 0.5) is 0 Å². The van der Waals surface area contributed by atoms with Crippen molar-refractivity contribution in [3.63, 3.8) is 0 Å². The Kier molecular flexibility index (Phi) is 5.46. The number of hydrogen-bond acceptors (Lipinski definition) is 5. The predicted octanol–water partition coefficient (Wildman–Crippen LogP) is 3.97. The lowest BCUT2D eigenvalue weighted by atomic mass is 9.87.